The summed E-state index contributed by atoms with van der Waals surface area (Å²) in [5, 5.41) is 7.05. The Kier molecular flexibility index (Phi) is 3.55. The molecule has 5 nitrogen and oxygen atoms in total. The zero-order valence-electron chi connectivity index (χ0n) is 11.6. The fraction of sp³-hybridized carbons (Fsp3) is 0.286. The maximum Gasteiger partial charge on any atom is 0.256 e. The molecule has 1 heterocycles. The highest BCUT2D eigenvalue weighted by molar-refractivity contribution is 6.04. The molecule has 0 radical (unpaired) electrons. The van der Waals surface area contributed by atoms with Gasteiger partial charge in [0, 0.05) is 38.5 Å². The van der Waals surface area contributed by atoms with Crippen LogP contribution in [0.2, 0.25) is 0 Å². The molecule has 0 saturated heterocycles. The molecule has 1 amide bonds. The molecule has 100 valence electrons. The SMILES string of the molecule is Cc1cc(NC(=O)c2cccc(N(C)C)c2)n(C)n1. The topological polar surface area (TPSA) is 50.2 Å². The summed E-state index contributed by atoms with van der Waals surface area (Å²) in [6.45, 7) is 1.89. The summed E-state index contributed by atoms with van der Waals surface area (Å²) in [5.41, 5.74) is 2.50. The van der Waals surface area contributed by atoms with Crippen molar-refractivity contribution in [1.29, 1.82) is 0 Å². The van der Waals surface area contributed by atoms with Crippen molar-refractivity contribution in [2.45, 2.75) is 6.92 Å². The molecule has 0 aliphatic carbocycles. The van der Waals surface area contributed by atoms with Crippen LogP contribution in [0, 0.1) is 6.92 Å². The van der Waals surface area contributed by atoms with Crippen LogP contribution in [0.15, 0.2) is 30.3 Å². The number of anilines is 2. The minimum Gasteiger partial charge on any atom is -0.378 e. The van der Waals surface area contributed by atoms with Crippen LogP contribution in [-0.4, -0.2) is 29.8 Å². The molecule has 1 aromatic heterocycles. The van der Waals surface area contributed by atoms with Crippen molar-refractivity contribution in [3.05, 3.63) is 41.6 Å². The Morgan fingerprint density at radius 2 is 2.05 bits per heavy atom. The minimum atomic E-state index is -0.133. The van der Waals surface area contributed by atoms with E-state index < -0.39 is 0 Å². The second-order valence-electron chi connectivity index (χ2n) is 4.69. The van der Waals surface area contributed by atoms with E-state index in [1.165, 1.54) is 0 Å². The molecule has 0 fully saturated rings. The molecular formula is C14H18N4O. The van der Waals surface area contributed by atoms with Gasteiger partial charge in [0.15, 0.2) is 0 Å². The summed E-state index contributed by atoms with van der Waals surface area (Å²) >= 11 is 0. The van der Waals surface area contributed by atoms with Gasteiger partial charge in [0.2, 0.25) is 0 Å². The van der Waals surface area contributed by atoms with Gasteiger partial charge in [-0.2, -0.15) is 5.10 Å². The second-order valence-corrected chi connectivity index (χ2v) is 4.69. The zero-order chi connectivity index (χ0) is 14.0. The van der Waals surface area contributed by atoms with Gasteiger partial charge in [-0.15, -0.1) is 0 Å². The van der Waals surface area contributed by atoms with Crippen LogP contribution in [0.5, 0.6) is 0 Å². The molecule has 5 heteroatoms. The summed E-state index contributed by atoms with van der Waals surface area (Å²) in [4.78, 5) is 14.1. The van der Waals surface area contributed by atoms with Crippen molar-refractivity contribution in [2.75, 3.05) is 24.3 Å². The molecule has 0 aliphatic rings. The maximum atomic E-state index is 12.2. The van der Waals surface area contributed by atoms with Gasteiger partial charge in [-0.1, -0.05) is 6.07 Å². The number of aryl methyl sites for hydroxylation is 2. The lowest BCUT2D eigenvalue weighted by Gasteiger charge is -2.13. The van der Waals surface area contributed by atoms with Crippen molar-refractivity contribution >= 4 is 17.4 Å². The Labute approximate surface area is 112 Å². The van der Waals surface area contributed by atoms with E-state index in [9.17, 15) is 4.79 Å². The van der Waals surface area contributed by atoms with Crippen LogP contribution in [0.1, 0.15) is 16.1 Å². The first-order valence-electron chi connectivity index (χ1n) is 6.07. The van der Waals surface area contributed by atoms with Gasteiger partial charge in [-0.05, 0) is 25.1 Å². The molecule has 1 N–H and O–H groups in total. The number of nitrogens with zero attached hydrogens (tertiary/aromatic N) is 3. The smallest absolute Gasteiger partial charge is 0.256 e. The van der Waals surface area contributed by atoms with Gasteiger partial charge in [-0.25, -0.2) is 0 Å². The number of rotatable bonds is 3. The first kappa shape index (κ1) is 13.1. The standard InChI is InChI=1S/C14H18N4O/c1-10-8-13(18(4)16-10)15-14(19)11-6-5-7-12(9-11)17(2)3/h5-9H,1-4H3,(H,15,19). The van der Waals surface area contributed by atoms with Crippen LogP contribution < -0.4 is 10.2 Å². The highest BCUT2D eigenvalue weighted by Crippen LogP contribution is 2.15. The second kappa shape index (κ2) is 5.14. The normalized spacial score (nSPS) is 10.3. The highest BCUT2D eigenvalue weighted by Gasteiger charge is 2.10. The molecule has 2 rings (SSSR count). The maximum absolute atomic E-state index is 12.2. The van der Waals surface area contributed by atoms with Gasteiger partial charge >= 0.3 is 0 Å². The summed E-state index contributed by atoms with van der Waals surface area (Å²) in [7, 11) is 5.70. The monoisotopic (exact) mass is 258 g/mol. The summed E-state index contributed by atoms with van der Waals surface area (Å²) in [6, 6.07) is 9.33. The van der Waals surface area contributed by atoms with E-state index in [0.717, 1.165) is 11.4 Å². The van der Waals surface area contributed by atoms with Crippen molar-refractivity contribution < 1.29 is 4.79 Å². The number of carbonyl (C=O) groups excluding carboxylic acids is 1. The van der Waals surface area contributed by atoms with E-state index in [2.05, 4.69) is 10.4 Å². The quantitative estimate of drug-likeness (QED) is 0.916. The average molecular weight is 258 g/mol. The fourth-order valence-corrected chi connectivity index (χ4v) is 1.84. The largest absolute Gasteiger partial charge is 0.378 e. The zero-order valence-corrected chi connectivity index (χ0v) is 11.6. The molecule has 0 atom stereocenters. The summed E-state index contributed by atoms with van der Waals surface area (Å²) < 4.78 is 1.66. The predicted molar refractivity (Wildman–Crippen MR) is 76.7 cm³/mol. The highest BCUT2D eigenvalue weighted by atomic mass is 16.1. The third kappa shape index (κ3) is 2.93. The molecular weight excluding hydrogens is 240 g/mol. The Morgan fingerprint density at radius 3 is 2.63 bits per heavy atom. The van der Waals surface area contributed by atoms with E-state index >= 15 is 0 Å². The molecule has 0 unspecified atom stereocenters. The molecule has 2 aromatic rings. The first-order chi connectivity index (χ1) is 8.97. The number of aromatic nitrogens is 2. The Hall–Kier alpha value is -2.30. The summed E-state index contributed by atoms with van der Waals surface area (Å²) in [5.74, 6) is 0.560. The van der Waals surface area contributed by atoms with E-state index in [-0.39, 0.29) is 5.91 Å². The first-order valence-corrected chi connectivity index (χ1v) is 6.07. The van der Waals surface area contributed by atoms with E-state index in [1.54, 1.807) is 17.8 Å². The lowest BCUT2D eigenvalue weighted by Crippen LogP contribution is -2.16. The van der Waals surface area contributed by atoms with E-state index in [4.69, 9.17) is 0 Å². The van der Waals surface area contributed by atoms with Crippen molar-refractivity contribution in [1.82, 2.24) is 9.78 Å². The summed E-state index contributed by atoms with van der Waals surface area (Å²) in [6.07, 6.45) is 0. The molecule has 0 saturated carbocycles. The predicted octanol–water partition coefficient (Wildman–Crippen LogP) is 2.05. The number of nitrogens with one attached hydrogen (secondary N) is 1. The molecule has 0 aliphatic heterocycles. The van der Waals surface area contributed by atoms with Crippen molar-refractivity contribution in [3.8, 4) is 0 Å². The van der Waals surface area contributed by atoms with Gasteiger partial charge in [0.25, 0.3) is 5.91 Å². The van der Waals surface area contributed by atoms with Crippen LogP contribution >= 0.6 is 0 Å². The van der Waals surface area contributed by atoms with Gasteiger partial charge in [0.05, 0.1) is 5.69 Å². The minimum absolute atomic E-state index is 0.133. The Balaban J connectivity index is 2.20. The van der Waals surface area contributed by atoms with Crippen molar-refractivity contribution in [3.63, 3.8) is 0 Å². The van der Waals surface area contributed by atoms with Crippen LogP contribution in [0.4, 0.5) is 11.5 Å². The van der Waals surface area contributed by atoms with Gasteiger partial charge in [-0.3, -0.25) is 9.48 Å². The lowest BCUT2D eigenvalue weighted by molar-refractivity contribution is 0.102. The number of carbonyl (C=O) groups is 1. The van der Waals surface area contributed by atoms with Crippen molar-refractivity contribution in [2.24, 2.45) is 7.05 Å². The molecule has 0 spiro atoms. The number of benzene rings is 1. The van der Waals surface area contributed by atoms with E-state index in [0.29, 0.717) is 11.4 Å². The Bertz CT molecular complexity index is 601. The molecule has 19 heavy (non-hydrogen) atoms. The number of hydrogen-bond donors (Lipinski definition) is 1. The Morgan fingerprint density at radius 1 is 1.32 bits per heavy atom. The van der Waals surface area contributed by atoms with Crippen LogP contribution in [-0.2, 0) is 7.05 Å². The molecule has 0 bridgehead atoms. The van der Waals surface area contributed by atoms with E-state index in [1.807, 2.05) is 50.2 Å². The fourth-order valence-electron chi connectivity index (χ4n) is 1.84. The number of hydrogen-bond acceptors (Lipinski definition) is 3. The van der Waals surface area contributed by atoms with Crippen LogP contribution in [0.3, 0.4) is 0 Å². The lowest BCUT2D eigenvalue weighted by atomic mass is 10.2. The average Bonchev–Trinajstić information content (AvgIpc) is 2.68. The van der Waals surface area contributed by atoms with Gasteiger partial charge in [0.1, 0.15) is 5.82 Å². The third-order valence-corrected chi connectivity index (χ3v) is 2.87. The van der Waals surface area contributed by atoms with Gasteiger partial charge < -0.3 is 10.2 Å². The number of amides is 1. The molecule has 1 aromatic carbocycles. The van der Waals surface area contributed by atoms with Crippen LogP contribution in [0.25, 0.3) is 0 Å². The third-order valence-electron chi connectivity index (χ3n) is 2.87.